The molecule has 1 aromatic carbocycles. The maximum atomic E-state index is 12.8. The molecule has 0 atom stereocenters. The molecule has 6 nitrogen and oxygen atoms in total. The Bertz CT molecular complexity index is 1230. The molecule has 0 amide bonds. The third-order valence-corrected chi connectivity index (χ3v) is 5.19. The van der Waals surface area contributed by atoms with E-state index in [0.717, 1.165) is 23.7 Å². The van der Waals surface area contributed by atoms with Gasteiger partial charge in [0.15, 0.2) is 5.84 Å². The Balaban J connectivity index is 1.61. The van der Waals surface area contributed by atoms with Gasteiger partial charge in [0.25, 0.3) is 10.0 Å². The van der Waals surface area contributed by atoms with Gasteiger partial charge < -0.3 is 9.64 Å². The first kappa shape index (κ1) is 20.2. The molecule has 2 aliphatic rings. The number of rotatable bonds is 3. The van der Waals surface area contributed by atoms with Crippen molar-refractivity contribution in [1.82, 2.24) is 9.88 Å². The number of nitrogens with zero attached hydrogens (tertiary/aromatic N) is 3. The summed E-state index contributed by atoms with van der Waals surface area (Å²) in [5.74, 6) is 0.216. The van der Waals surface area contributed by atoms with Gasteiger partial charge >= 0.3 is 6.18 Å². The summed E-state index contributed by atoms with van der Waals surface area (Å²) in [4.78, 5) is 5.26. The van der Waals surface area contributed by atoms with Crippen molar-refractivity contribution in [2.75, 3.05) is 0 Å². The number of amidine groups is 1. The standard InChI is InChI=1S/C19H11ClF3N3O3S/c20-14-10-16(18-25-30(27,28)8-7-26(18)11-14)12-1-3-15(4-2-12)29-17-9-13(5-6-24-17)19(21,22)23/h1-11H. The van der Waals surface area contributed by atoms with Gasteiger partial charge in [0.1, 0.15) is 5.75 Å². The third kappa shape index (κ3) is 4.24. The third-order valence-electron chi connectivity index (χ3n) is 4.09. The van der Waals surface area contributed by atoms with Crippen molar-refractivity contribution in [2.24, 2.45) is 4.40 Å². The fourth-order valence-corrected chi connectivity index (χ4v) is 3.75. The van der Waals surface area contributed by atoms with E-state index in [2.05, 4.69) is 9.38 Å². The highest BCUT2D eigenvalue weighted by atomic mass is 35.5. The number of pyridine rings is 1. The lowest BCUT2D eigenvalue weighted by atomic mass is 10.0. The Kier molecular flexibility index (Phi) is 4.91. The second-order valence-electron chi connectivity index (χ2n) is 6.20. The number of aromatic nitrogens is 1. The molecule has 0 saturated heterocycles. The van der Waals surface area contributed by atoms with Gasteiger partial charge in [-0.2, -0.15) is 21.6 Å². The zero-order valence-corrected chi connectivity index (χ0v) is 16.4. The zero-order valence-electron chi connectivity index (χ0n) is 14.8. The monoisotopic (exact) mass is 453 g/mol. The Morgan fingerprint density at radius 2 is 1.83 bits per heavy atom. The summed E-state index contributed by atoms with van der Waals surface area (Å²) < 4.78 is 71.3. The molecule has 2 aliphatic heterocycles. The predicted octanol–water partition coefficient (Wildman–Crippen LogP) is 4.89. The molecule has 2 aromatic rings. The smallest absolute Gasteiger partial charge is 0.416 e. The van der Waals surface area contributed by atoms with Crippen LogP contribution in [0.4, 0.5) is 13.2 Å². The van der Waals surface area contributed by atoms with Crippen LogP contribution in [0.25, 0.3) is 5.57 Å². The molecular formula is C19H11ClF3N3O3S. The number of sulfonamides is 1. The number of hydrogen-bond donors (Lipinski definition) is 0. The Morgan fingerprint density at radius 3 is 2.53 bits per heavy atom. The van der Waals surface area contributed by atoms with Crippen LogP contribution in [0, 0.1) is 0 Å². The number of hydrogen-bond acceptors (Lipinski definition) is 5. The van der Waals surface area contributed by atoms with Crippen LogP contribution >= 0.6 is 11.6 Å². The van der Waals surface area contributed by atoms with Crippen LogP contribution in [-0.4, -0.2) is 24.1 Å². The molecule has 0 fully saturated rings. The van der Waals surface area contributed by atoms with E-state index in [9.17, 15) is 21.6 Å². The van der Waals surface area contributed by atoms with Gasteiger partial charge in [0.05, 0.1) is 16.0 Å². The first-order valence-corrected chi connectivity index (χ1v) is 10.2. The van der Waals surface area contributed by atoms with E-state index in [1.807, 2.05) is 0 Å². The summed E-state index contributed by atoms with van der Waals surface area (Å²) in [6.45, 7) is 0. The molecule has 1 aromatic heterocycles. The molecule has 30 heavy (non-hydrogen) atoms. The van der Waals surface area contributed by atoms with Crippen molar-refractivity contribution in [3.8, 4) is 11.6 Å². The molecule has 0 aliphatic carbocycles. The van der Waals surface area contributed by atoms with Crippen LogP contribution in [-0.2, 0) is 16.2 Å². The van der Waals surface area contributed by atoms with Crippen LogP contribution in [0.15, 0.2) is 75.9 Å². The van der Waals surface area contributed by atoms with Crippen molar-refractivity contribution in [1.29, 1.82) is 0 Å². The number of fused-ring (bicyclic) bond motifs is 1. The topological polar surface area (TPSA) is 71.9 Å². The fraction of sp³-hybridized carbons (Fsp3) is 0.0526. The van der Waals surface area contributed by atoms with Crippen molar-refractivity contribution in [3.63, 3.8) is 0 Å². The molecule has 0 saturated carbocycles. The van der Waals surface area contributed by atoms with Gasteiger partial charge in [0, 0.05) is 30.2 Å². The Hall–Kier alpha value is -3.11. The first-order valence-electron chi connectivity index (χ1n) is 8.33. The second kappa shape index (κ2) is 7.29. The number of ether oxygens (including phenoxy) is 1. The normalized spacial score (nSPS) is 17.6. The molecule has 0 N–H and O–H groups in total. The summed E-state index contributed by atoms with van der Waals surface area (Å²) in [5.41, 5.74) is 0.168. The van der Waals surface area contributed by atoms with Gasteiger partial charge in [-0.05, 0) is 29.8 Å². The minimum absolute atomic E-state index is 0.176. The Labute approximate surface area is 174 Å². The highest BCUT2D eigenvalue weighted by molar-refractivity contribution is 7.93. The quantitative estimate of drug-likeness (QED) is 0.662. The van der Waals surface area contributed by atoms with Crippen LogP contribution in [0.2, 0.25) is 0 Å². The van der Waals surface area contributed by atoms with Gasteiger partial charge in [-0.25, -0.2) is 4.98 Å². The predicted molar refractivity (Wildman–Crippen MR) is 105 cm³/mol. The van der Waals surface area contributed by atoms with Crippen molar-refractivity contribution < 1.29 is 26.3 Å². The van der Waals surface area contributed by atoms with E-state index in [0.29, 0.717) is 16.2 Å². The van der Waals surface area contributed by atoms with Crippen LogP contribution in [0.1, 0.15) is 11.1 Å². The SMILES string of the molecule is O=S1(=O)C=CN2C=C(Cl)C=C(c3ccc(Oc4cc(C(F)(F)F)ccn4)cc3)C2=N1. The summed E-state index contributed by atoms with van der Waals surface area (Å²) in [7, 11) is -3.75. The lowest BCUT2D eigenvalue weighted by Gasteiger charge is -2.26. The number of benzene rings is 1. The van der Waals surface area contributed by atoms with Gasteiger partial charge in [0.2, 0.25) is 5.88 Å². The Morgan fingerprint density at radius 1 is 1.10 bits per heavy atom. The molecule has 154 valence electrons. The number of alkyl halides is 3. The average Bonchev–Trinajstić information content (AvgIpc) is 2.68. The molecule has 0 bridgehead atoms. The first-order chi connectivity index (χ1) is 14.1. The molecule has 0 unspecified atom stereocenters. The summed E-state index contributed by atoms with van der Waals surface area (Å²) in [6, 6.07) is 7.90. The highest BCUT2D eigenvalue weighted by Crippen LogP contribution is 2.33. The highest BCUT2D eigenvalue weighted by Gasteiger charge is 2.31. The molecule has 0 radical (unpaired) electrons. The fourth-order valence-electron chi connectivity index (χ4n) is 2.75. The lowest BCUT2D eigenvalue weighted by Crippen LogP contribution is -2.28. The maximum Gasteiger partial charge on any atom is 0.416 e. The molecule has 0 spiro atoms. The van der Waals surface area contributed by atoms with Crippen molar-refractivity contribution in [3.05, 3.63) is 82.6 Å². The summed E-state index contributed by atoms with van der Waals surface area (Å²) in [5, 5.41) is 1.32. The molecule has 3 heterocycles. The van der Waals surface area contributed by atoms with Crippen molar-refractivity contribution in [2.45, 2.75) is 6.18 Å². The minimum atomic E-state index is -4.51. The number of halogens is 4. The number of allylic oxidation sites excluding steroid dienone is 2. The molecule has 4 rings (SSSR count). The van der Waals surface area contributed by atoms with E-state index >= 15 is 0 Å². The van der Waals surface area contributed by atoms with E-state index in [4.69, 9.17) is 16.3 Å². The maximum absolute atomic E-state index is 12.8. The second-order valence-corrected chi connectivity index (χ2v) is 8.12. The lowest BCUT2D eigenvalue weighted by molar-refractivity contribution is -0.137. The van der Waals surface area contributed by atoms with Crippen LogP contribution < -0.4 is 4.74 Å². The average molecular weight is 454 g/mol. The molecular weight excluding hydrogens is 443 g/mol. The van der Waals surface area contributed by atoms with E-state index in [1.54, 1.807) is 18.2 Å². The van der Waals surface area contributed by atoms with Crippen LogP contribution in [0.3, 0.4) is 0 Å². The van der Waals surface area contributed by atoms with Gasteiger partial charge in [-0.15, -0.1) is 4.40 Å². The molecule has 11 heteroatoms. The van der Waals surface area contributed by atoms with Gasteiger partial charge in [-0.1, -0.05) is 23.7 Å². The van der Waals surface area contributed by atoms with Gasteiger partial charge in [-0.3, -0.25) is 0 Å². The van der Waals surface area contributed by atoms with E-state index < -0.39 is 21.8 Å². The van der Waals surface area contributed by atoms with Crippen LogP contribution in [0.5, 0.6) is 11.6 Å². The van der Waals surface area contributed by atoms with E-state index in [-0.39, 0.29) is 17.5 Å². The zero-order chi connectivity index (χ0) is 21.5. The largest absolute Gasteiger partial charge is 0.439 e. The summed E-state index contributed by atoms with van der Waals surface area (Å²) >= 11 is 6.12. The minimum Gasteiger partial charge on any atom is -0.439 e. The van der Waals surface area contributed by atoms with E-state index in [1.165, 1.54) is 29.4 Å². The van der Waals surface area contributed by atoms with Crippen molar-refractivity contribution >= 4 is 33.0 Å². The summed E-state index contributed by atoms with van der Waals surface area (Å²) in [6.07, 6.45) is 0.926.